The molecule has 0 aliphatic heterocycles. The van der Waals surface area contributed by atoms with E-state index in [2.05, 4.69) is 5.32 Å². The first-order chi connectivity index (χ1) is 10.1. The summed E-state index contributed by atoms with van der Waals surface area (Å²) in [6.45, 7) is 0. The monoisotopic (exact) mass is 305 g/mol. The van der Waals surface area contributed by atoms with Gasteiger partial charge in [-0.05, 0) is 30.3 Å². The Labute approximate surface area is 128 Å². The second kappa shape index (κ2) is 6.99. The zero-order valence-corrected chi connectivity index (χ0v) is 12.6. The predicted molar refractivity (Wildman–Crippen MR) is 83.3 cm³/mol. The second-order valence-corrected chi connectivity index (χ2v) is 4.79. The molecule has 0 saturated carbocycles. The molecule has 1 N–H and O–H groups in total. The molecule has 21 heavy (non-hydrogen) atoms. The molecule has 5 heteroatoms. The Hall–Kier alpha value is -2.20. The fourth-order valence-electron chi connectivity index (χ4n) is 1.95. The first-order valence-electron chi connectivity index (χ1n) is 6.39. The summed E-state index contributed by atoms with van der Waals surface area (Å²) in [6.07, 6.45) is 0.172. The lowest BCUT2D eigenvalue weighted by atomic mass is 10.1. The third kappa shape index (κ3) is 3.89. The van der Waals surface area contributed by atoms with E-state index in [-0.39, 0.29) is 12.3 Å². The molecule has 0 spiro atoms. The first kappa shape index (κ1) is 15.2. The molecule has 0 heterocycles. The molecule has 2 rings (SSSR count). The molecule has 0 aromatic heterocycles. The summed E-state index contributed by atoms with van der Waals surface area (Å²) in [5, 5.41) is 3.28. The van der Waals surface area contributed by atoms with Gasteiger partial charge in [-0.3, -0.25) is 4.79 Å². The Morgan fingerprint density at radius 3 is 2.57 bits per heavy atom. The first-order valence-corrected chi connectivity index (χ1v) is 6.77. The number of para-hydroxylation sites is 1. The Morgan fingerprint density at radius 1 is 1.14 bits per heavy atom. The number of carbonyl (C=O) groups excluding carboxylic acids is 1. The summed E-state index contributed by atoms with van der Waals surface area (Å²) < 4.78 is 10.4. The molecule has 0 bridgehead atoms. The number of anilines is 1. The molecule has 0 aliphatic carbocycles. The van der Waals surface area contributed by atoms with Crippen LogP contribution in [0, 0.1) is 0 Å². The van der Waals surface area contributed by atoms with E-state index in [1.54, 1.807) is 44.6 Å². The van der Waals surface area contributed by atoms with Crippen molar-refractivity contribution in [3.8, 4) is 11.5 Å². The quantitative estimate of drug-likeness (QED) is 0.919. The van der Waals surface area contributed by atoms with Gasteiger partial charge in [0.2, 0.25) is 5.91 Å². The minimum Gasteiger partial charge on any atom is -0.497 e. The molecular weight excluding hydrogens is 290 g/mol. The lowest BCUT2D eigenvalue weighted by Gasteiger charge is -2.11. The van der Waals surface area contributed by atoms with Gasteiger partial charge in [0.25, 0.3) is 0 Å². The summed E-state index contributed by atoms with van der Waals surface area (Å²) >= 11 is 6.02. The molecule has 110 valence electrons. The lowest BCUT2D eigenvalue weighted by Crippen LogP contribution is -2.15. The van der Waals surface area contributed by atoms with Crippen LogP contribution >= 0.6 is 11.6 Å². The number of hydrogen-bond donors (Lipinski definition) is 1. The molecule has 2 aromatic rings. The normalized spacial score (nSPS) is 10.0. The third-order valence-electron chi connectivity index (χ3n) is 2.99. The van der Waals surface area contributed by atoms with Crippen molar-refractivity contribution in [2.75, 3.05) is 19.5 Å². The molecule has 4 nitrogen and oxygen atoms in total. The van der Waals surface area contributed by atoms with Crippen LogP contribution in [0.25, 0.3) is 0 Å². The maximum Gasteiger partial charge on any atom is 0.228 e. The molecule has 0 saturated heterocycles. The molecular formula is C16H16ClNO3. The van der Waals surface area contributed by atoms with Gasteiger partial charge in [0, 0.05) is 5.56 Å². The van der Waals surface area contributed by atoms with E-state index in [4.69, 9.17) is 21.1 Å². The Balaban J connectivity index is 2.14. The number of ether oxygens (including phenoxy) is 2. The van der Waals surface area contributed by atoms with Crippen molar-refractivity contribution in [1.29, 1.82) is 0 Å². The highest BCUT2D eigenvalue weighted by atomic mass is 35.5. The average Bonchev–Trinajstić information content (AvgIpc) is 2.49. The molecule has 1 amide bonds. The highest BCUT2D eigenvalue weighted by molar-refractivity contribution is 6.33. The van der Waals surface area contributed by atoms with E-state index in [0.717, 1.165) is 5.56 Å². The number of halogens is 1. The molecule has 0 fully saturated rings. The standard InChI is InChI=1S/C16H16ClNO3/c1-20-12-7-8-15(21-2)11(9-12)10-16(19)18-14-6-4-3-5-13(14)17/h3-9H,10H2,1-2H3,(H,18,19). The Morgan fingerprint density at radius 2 is 1.90 bits per heavy atom. The highest BCUT2D eigenvalue weighted by Gasteiger charge is 2.11. The van der Waals surface area contributed by atoms with Gasteiger partial charge in [0.05, 0.1) is 31.4 Å². The zero-order chi connectivity index (χ0) is 15.2. The molecule has 0 aliphatic rings. The van der Waals surface area contributed by atoms with E-state index in [1.165, 1.54) is 0 Å². The maximum atomic E-state index is 12.1. The molecule has 0 radical (unpaired) electrons. The minimum atomic E-state index is -0.172. The van der Waals surface area contributed by atoms with E-state index < -0.39 is 0 Å². The van der Waals surface area contributed by atoms with E-state index in [0.29, 0.717) is 22.2 Å². The predicted octanol–water partition coefficient (Wildman–Crippen LogP) is 3.54. The van der Waals surface area contributed by atoms with Crippen molar-refractivity contribution in [3.05, 3.63) is 53.1 Å². The van der Waals surface area contributed by atoms with Crippen LogP contribution < -0.4 is 14.8 Å². The van der Waals surface area contributed by atoms with Gasteiger partial charge in [0.1, 0.15) is 11.5 Å². The molecule has 0 atom stereocenters. The lowest BCUT2D eigenvalue weighted by molar-refractivity contribution is -0.115. The molecule has 2 aromatic carbocycles. The topological polar surface area (TPSA) is 47.6 Å². The number of rotatable bonds is 5. The van der Waals surface area contributed by atoms with Crippen molar-refractivity contribution in [3.63, 3.8) is 0 Å². The zero-order valence-electron chi connectivity index (χ0n) is 11.9. The number of methoxy groups -OCH3 is 2. The summed E-state index contributed by atoms with van der Waals surface area (Å²) in [4.78, 5) is 12.1. The van der Waals surface area contributed by atoms with Gasteiger partial charge in [-0.2, -0.15) is 0 Å². The van der Waals surface area contributed by atoms with Crippen molar-refractivity contribution in [1.82, 2.24) is 0 Å². The summed E-state index contributed by atoms with van der Waals surface area (Å²) in [5.41, 5.74) is 1.34. The fourth-order valence-corrected chi connectivity index (χ4v) is 2.13. The number of amides is 1. The van der Waals surface area contributed by atoms with Crippen LogP contribution in [0.2, 0.25) is 5.02 Å². The second-order valence-electron chi connectivity index (χ2n) is 4.38. The average molecular weight is 306 g/mol. The summed E-state index contributed by atoms with van der Waals surface area (Å²) in [7, 11) is 3.15. The van der Waals surface area contributed by atoms with Crippen LogP contribution in [0.3, 0.4) is 0 Å². The summed E-state index contributed by atoms with van der Waals surface area (Å²) in [5.74, 6) is 1.15. The van der Waals surface area contributed by atoms with Crippen LogP contribution in [-0.4, -0.2) is 20.1 Å². The van der Waals surface area contributed by atoms with Gasteiger partial charge < -0.3 is 14.8 Å². The smallest absolute Gasteiger partial charge is 0.228 e. The van der Waals surface area contributed by atoms with Crippen molar-refractivity contribution < 1.29 is 14.3 Å². The Kier molecular flexibility index (Phi) is 5.06. The van der Waals surface area contributed by atoms with Crippen LogP contribution in [-0.2, 0) is 11.2 Å². The van der Waals surface area contributed by atoms with Gasteiger partial charge in [-0.25, -0.2) is 0 Å². The van der Waals surface area contributed by atoms with Gasteiger partial charge in [0.15, 0.2) is 0 Å². The number of hydrogen-bond acceptors (Lipinski definition) is 3. The van der Waals surface area contributed by atoms with Crippen LogP contribution in [0.4, 0.5) is 5.69 Å². The third-order valence-corrected chi connectivity index (χ3v) is 3.32. The van der Waals surface area contributed by atoms with E-state index >= 15 is 0 Å². The van der Waals surface area contributed by atoms with Gasteiger partial charge in [-0.15, -0.1) is 0 Å². The highest BCUT2D eigenvalue weighted by Crippen LogP contribution is 2.25. The van der Waals surface area contributed by atoms with Crippen LogP contribution in [0.5, 0.6) is 11.5 Å². The number of carbonyl (C=O) groups is 1. The van der Waals surface area contributed by atoms with Crippen LogP contribution in [0.1, 0.15) is 5.56 Å². The largest absolute Gasteiger partial charge is 0.497 e. The number of nitrogens with one attached hydrogen (secondary N) is 1. The number of benzene rings is 2. The van der Waals surface area contributed by atoms with E-state index in [1.807, 2.05) is 12.1 Å². The molecule has 0 unspecified atom stereocenters. The van der Waals surface area contributed by atoms with Crippen molar-refractivity contribution >= 4 is 23.2 Å². The maximum absolute atomic E-state index is 12.1. The van der Waals surface area contributed by atoms with Crippen molar-refractivity contribution in [2.45, 2.75) is 6.42 Å². The fraction of sp³-hybridized carbons (Fsp3) is 0.188. The van der Waals surface area contributed by atoms with Crippen LogP contribution in [0.15, 0.2) is 42.5 Å². The van der Waals surface area contributed by atoms with Gasteiger partial charge in [-0.1, -0.05) is 23.7 Å². The van der Waals surface area contributed by atoms with Gasteiger partial charge >= 0.3 is 0 Å². The SMILES string of the molecule is COc1ccc(OC)c(CC(=O)Nc2ccccc2Cl)c1. The minimum absolute atomic E-state index is 0.172. The summed E-state index contributed by atoms with van der Waals surface area (Å²) in [6, 6.07) is 12.4. The van der Waals surface area contributed by atoms with E-state index in [9.17, 15) is 4.79 Å². The Bertz CT molecular complexity index is 643. The van der Waals surface area contributed by atoms with Crippen molar-refractivity contribution in [2.24, 2.45) is 0 Å².